The normalized spacial score (nSPS) is 17.7. The van der Waals surface area contributed by atoms with Gasteiger partial charge in [-0.3, -0.25) is 9.80 Å². The fourth-order valence-electron chi connectivity index (χ4n) is 6.43. The number of hydrogen-bond acceptors (Lipinski definition) is 3. The van der Waals surface area contributed by atoms with Gasteiger partial charge in [-0.15, -0.1) is 0 Å². The van der Waals surface area contributed by atoms with Crippen LogP contribution in [0.4, 0.5) is 18.9 Å². The number of rotatable bonds is 7. The van der Waals surface area contributed by atoms with Crippen molar-refractivity contribution < 1.29 is 13.2 Å². The lowest BCUT2D eigenvalue weighted by atomic mass is 9.93. The quantitative estimate of drug-likeness (QED) is 0.244. The molecule has 0 bridgehead atoms. The zero-order valence-electron chi connectivity index (χ0n) is 23.9. The third-order valence-electron chi connectivity index (χ3n) is 8.68. The molecule has 0 spiro atoms. The number of hydrogen-bond donors (Lipinski definition) is 1. The second kappa shape index (κ2) is 11.8. The van der Waals surface area contributed by atoms with Crippen molar-refractivity contribution in [3.63, 3.8) is 0 Å². The molecule has 42 heavy (non-hydrogen) atoms. The van der Waals surface area contributed by atoms with Crippen molar-refractivity contribution in [3.8, 4) is 11.1 Å². The summed E-state index contributed by atoms with van der Waals surface area (Å²) in [6.07, 6.45) is -2.25. The number of aryl methyl sites for hydroxylation is 1. The minimum absolute atomic E-state index is 0.528. The zero-order chi connectivity index (χ0) is 29.3. The average molecular weight is 568 g/mol. The number of piperazine rings is 1. The van der Waals surface area contributed by atoms with Crippen LogP contribution in [0.3, 0.4) is 0 Å². The molecule has 1 heterocycles. The van der Waals surface area contributed by atoms with Crippen molar-refractivity contribution in [3.05, 3.63) is 131 Å². The van der Waals surface area contributed by atoms with Gasteiger partial charge in [-0.2, -0.15) is 13.2 Å². The molecule has 1 unspecified atom stereocenters. The first-order valence-electron chi connectivity index (χ1n) is 14.6. The van der Waals surface area contributed by atoms with Crippen LogP contribution >= 0.6 is 0 Å². The summed E-state index contributed by atoms with van der Waals surface area (Å²) in [6, 6.07) is 29.1. The van der Waals surface area contributed by atoms with E-state index in [1.165, 1.54) is 16.7 Å². The van der Waals surface area contributed by atoms with Crippen LogP contribution in [0.5, 0.6) is 0 Å². The van der Waals surface area contributed by atoms with Gasteiger partial charge in [-0.05, 0) is 77.4 Å². The predicted molar refractivity (Wildman–Crippen MR) is 165 cm³/mol. The van der Waals surface area contributed by atoms with Gasteiger partial charge in [0, 0.05) is 55.7 Å². The van der Waals surface area contributed by atoms with Gasteiger partial charge in [0.15, 0.2) is 0 Å². The topological polar surface area (TPSA) is 18.5 Å². The van der Waals surface area contributed by atoms with E-state index in [1.807, 2.05) is 25.1 Å². The molecule has 2 aliphatic rings. The van der Waals surface area contributed by atoms with E-state index in [9.17, 15) is 13.2 Å². The van der Waals surface area contributed by atoms with Crippen LogP contribution in [0.2, 0.25) is 0 Å². The van der Waals surface area contributed by atoms with Crippen molar-refractivity contribution in [1.82, 2.24) is 9.80 Å². The van der Waals surface area contributed by atoms with Gasteiger partial charge in [-0.25, -0.2) is 0 Å². The maximum atomic E-state index is 13.1. The van der Waals surface area contributed by atoms with Crippen LogP contribution in [0.15, 0.2) is 97.6 Å². The van der Waals surface area contributed by atoms with Gasteiger partial charge in [0.2, 0.25) is 0 Å². The SMILES string of the molecule is C=C(Nc1ccc2c(c1)CC(N1CCN(Cc3ccccc3)CC1)C2)c1cccc(C)c1-c1ccc(C(F)(F)F)cc1. The Balaban J connectivity index is 1.11. The first-order chi connectivity index (χ1) is 20.2. The monoisotopic (exact) mass is 567 g/mol. The zero-order valence-corrected chi connectivity index (χ0v) is 23.9. The number of fused-ring (bicyclic) bond motifs is 1. The summed E-state index contributed by atoms with van der Waals surface area (Å²) in [5.74, 6) is 0. The molecular weight excluding hydrogens is 531 g/mol. The Morgan fingerprint density at radius 1 is 0.833 bits per heavy atom. The molecule has 4 aromatic rings. The highest BCUT2D eigenvalue weighted by Gasteiger charge is 2.31. The van der Waals surface area contributed by atoms with Gasteiger partial charge >= 0.3 is 6.18 Å². The van der Waals surface area contributed by atoms with E-state index in [4.69, 9.17) is 0 Å². The standard InChI is InChI=1S/C36H36F3N3/c1-25-7-6-10-34(35(25)28-11-14-31(15-12-28)36(37,38)39)26(2)40-32-16-13-29-22-33(23-30(29)21-32)42-19-17-41(18-20-42)24-27-8-4-3-5-9-27/h3-16,21,33,40H,2,17-20,22-24H2,1H3. The maximum Gasteiger partial charge on any atom is 0.416 e. The largest absolute Gasteiger partial charge is 0.416 e. The highest BCUT2D eigenvalue weighted by atomic mass is 19.4. The predicted octanol–water partition coefficient (Wildman–Crippen LogP) is 8.05. The molecular formula is C36H36F3N3. The molecule has 0 saturated carbocycles. The molecule has 0 aromatic heterocycles. The number of benzene rings is 4. The molecule has 1 N–H and O–H groups in total. The summed E-state index contributed by atoms with van der Waals surface area (Å²) in [7, 11) is 0. The number of anilines is 1. The minimum Gasteiger partial charge on any atom is -0.355 e. The summed E-state index contributed by atoms with van der Waals surface area (Å²) in [4.78, 5) is 5.20. The first kappa shape index (κ1) is 28.3. The van der Waals surface area contributed by atoms with Crippen molar-refractivity contribution >= 4 is 11.4 Å². The highest BCUT2D eigenvalue weighted by Crippen LogP contribution is 2.36. The summed E-state index contributed by atoms with van der Waals surface area (Å²) >= 11 is 0. The van der Waals surface area contributed by atoms with Crippen LogP contribution < -0.4 is 5.32 Å². The molecule has 6 heteroatoms. The van der Waals surface area contributed by atoms with Gasteiger partial charge in [-0.1, -0.05) is 73.3 Å². The molecule has 216 valence electrons. The van der Waals surface area contributed by atoms with E-state index < -0.39 is 11.7 Å². The molecule has 0 amide bonds. The van der Waals surface area contributed by atoms with Crippen LogP contribution in [0.25, 0.3) is 16.8 Å². The van der Waals surface area contributed by atoms with E-state index >= 15 is 0 Å². The fourth-order valence-corrected chi connectivity index (χ4v) is 6.43. The van der Waals surface area contributed by atoms with Crippen molar-refractivity contribution in [2.45, 2.75) is 38.5 Å². The molecule has 1 saturated heterocycles. The van der Waals surface area contributed by atoms with Crippen LogP contribution in [0.1, 0.15) is 33.4 Å². The first-order valence-corrected chi connectivity index (χ1v) is 14.6. The van der Waals surface area contributed by atoms with Gasteiger partial charge in [0.05, 0.1) is 5.56 Å². The van der Waals surface area contributed by atoms with Crippen molar-refractivity contribution in [2.75, 3.05) is 31.5 Å². The Kier molecular flexibility index (Phi) is 7.93. The summed E-state index contributed by atoms with van der Waals surface area (Å²) in [5, 5.41) is 3.49. The molecule has 3 nitrogen and oxygen atoms in total. The Bertz CT molecular complexity index is 1550. The van der Waals surface area contributed by atoms with E-state index in [0.29, 0.717) is 6.04 Å². The van der Waals surface area contributed by atoms with E-state index in [-0.39, 0.29) is 0 Å². The average Bonchev–Trinajstić information content (AvgIpc) is 3.41. The van der Waals surface area contributed by atoms with Crippen molar-refractivity contribution in [2.24, 2.45) is 0 Å². The van der Waals surface area contributed by atoms with E-state index in [1.54, 1.807) is 12.1 Å². The smallest absolute Gasteiger partial charge is 0.355 e. The lowest BCUT2D eigenvalue weighted by molar-refractivity contribution is -0.137. The second-order valence-corrected chi connectivity index (χ2v) is 11.5. The van der Waals surface area contributed by atoms with Gasteiger partial charge in [0.25, 0.3) is 0 Å². The molecule has 6 rings (SSSR count). The molecule has 1 aliphatic carbocycles. The molecule has 1 aliphatic heterocycles. The second-order valence-electron chi connectivity index (χ2n) is 11.5. The Morgan fingerprint density at radius 2 is 1.55 bits per heavy atom. The maximum absolute atomic E-state index is 13.1. The van der Waals surface area contributed by atoms with E-state index in [2.05, 4.69) is 70.2 Å². The summed E-state index contributed by atoms with van der Waals surface area (Å²) in [5.41, 5.74) is 8.68. The van der Waals surface area contributed by atoms with E-state index in [0.717, 1.165) is 91.3 Å². The lowest BCUT2D eigenvalue weighted by Gasteiger charge is -2.38. The number of alkyl halides is 3. The number of halogens is 3. The van der Waals surface area contributed by atoms with Gasteiger partial charge in [0.1, 0.15) is 0 Å². The number of nitrogens with zero attached hydrogens (tertiary/aromatic N) is 2. The highest BCUT2D eigenvalue weighted by molar-refractivity contribution is 5.87. The third-order valence-corrected chi connectivity index (χ3v) is 8.68. The number of nitrogens with one attached hydrogen (secondary N) is 1. The molecule has 0 radical (unpaired) electrons. The third kappa shape index (κ3) is 6.15. The van der Waals surface area contributed by atoms with Crippen molar-refractivity contribution in [1.29, 1.82) is 0 Å². The molecule has 1 atom stereocenters. The molecule has 1 fully saturated rings. The minimum atomic E-state index is -4.36. The Labute approximate surface area is 246 Å². The van der Waals surface area contributed by atoms with Crippen LogP contribution in [-0.4, -0.2) is 42.0 Å². The molecule has 4 aromatic carbocycles. The Hall–Kier alpha value is -3.87. The summed E-state index contributed by atoms with van der Waals surface area (Å²) in [6.45, 7) is 11.7. The fraction of sp³-hybridized carbons (Fsp3) is 0.278. The lowest BCUT2D eigenvalue weighted by Crippen LogP contribution is -2.50. The van der Waals surface area contributed by atoms with Gasteiger partial charge < -0.3 is 5.32 Å². The summed E-state index contributed by atoms with van der Waals surface area (Å²) < 4.78 is 39.4. The van der Waals surface area contributed by atoms with Crippen LogP contribution in [-0.2, 0) is 25.6 Å². The van der Waals surface area contributed by atoms with Crippen LogP contribution in [0, 0.1) is 6.92 Å². The Morgan fingerprint density at radius 3 is 2.26 bits per heavy atom.